The molecule has 0 atom stereocenters. The van der Waals surface area contributed by atoms with E-state index in [1.54, 1.807) is 0 Å². The van der Waals surface area contributed by atoms with Crippen LogP contribution in [0.25, 0.3) is 11.6 Å². The molecule has 96 valence electrons. The van der Waals surface area contributed by atoms with Gasteiger partial charge >= 0.3 is 0 Å². The average Bonchev–Trinajstić information content (AvgIpc) is 2.91. The van der Waals surface area contributed by atoms with Crippen LogP contribution in [0.2, 0.25) is 0 Å². The van der Waals surface area contributed by atoms with Crippen molar-refractivity contribution in [2.75, 3.05) is 0 Å². The van der Waals surface area contributed by atoms with Gasteiger partial charge in [-0.3, -0.25) is 0 Å². The molecule has 2 aromatic rings. The molecule has 0 spiro atoms. The van der Waals surface area contributed by atoms with Gasteiger partial charge in [-0.25, -0.2) is 0 Å². The van der Waals surface area contributed by atoms with E-state index in [4.69, 9.17) is 10.3 Å². The highest BCUT2D eigenvalue weighted by Gasteiger charge is 2.39. The largest absolute Gasteiger partial charge is 0.343 e. The van der Waals surface area contributed by atoms with E-state index in [2.05, 4.69) is 37.6 Å². The molecule has 3 rings (SSSR count). The fourth-order valence-electron chi connectivity index (χ4n) is 2.23. The van der Waals surface area contributed by atoms with E-state index in [0.717, 1.165) is 36.0 Å². The van der Waals surface area contributed by atoms with Gasteiger partial charge in [0, 0.05) is 17.2 Å². The fourth-order valence-corrected chi connectivity index (χ4v) is 2.69. The lowest BCUT2D eigenvalue weighted by Crippen LogP contribution is -2.44. The van der Waals surface area contributed by atoms with E-state index < -0.39 is 0 Å². The number of aryl methyl sites for hydroxylation is 1. The van der Waals surface area contributed by atoms with Crippen LogP contribution < -0.4 is 5.73 Å². The summed E-state index contributed by atoms with van der Waals surface area (Å²) in [7, 11) is 0. The molecule has 2 heterocycles. The van der Waals surface area contributed by atoms with Crippen LogP contribution in [0.4, 0.5) is 0 Å². The summed E-state index contributed by atoms with van der Waals surface area (Å²) < 4.78 is 8.41. The molecule has 6 heteroatoms. The van der Waals surface area contributed by atoms with Crippen molar-refractivity contribution in [2.24, 2.45) is 5.73 Å². The van der Waals surface area contributed by atoms with Gasteiger partial charge in [-0.1, -0.05) is 5.16 Å². The summed E-state index contributed by atoms with van der Waals surface area (Å²) in [5, 5.41) is 4.03. The molecule has 0 unspecified atom stereocenters. The van der Waals surface area contributed by atoms with Crippen molar-refractivity contribution in [3.05, 3.63) is 22.6 Å². The molecular weight excluding hydrogens is 296 g/mol. The molecule has 0 amide bonds. The number of halogens is 1. The van der Waals surface area contributed by atoms with E-state index in [1.807, 2.05) is 12.3 Å². The van der Waals surface area contributed by atoms with Crippen LogP contribution in [0.1, 0.15) is 32.0 Å². The van der Waals surface area contributed by atoms with Gasteiger partial charge in [0.25, 0.3) is 5.89 Å². The minimum atomic E-state index is -0.372. The normalized spacial score (nSPS) is 17.7. The highest BCUT2D eigenvalue weighted by Crippen LogP contribution is 2.37. The Morgan fingerprint density at radius 1 is 1.56 bits per heavy atom. The molecule has 0 bridgehead atoms. The Balaban J connectivity index is 1.97. The minimum absolute atomic E-state index is 0.372. The number of hydrogen-bond acceptors (Lipinski definition) is 4. The van der Waals surface area contributed by atoms with Crippen LogP contribution >= 0.6 is 15.9 Å². The van der Waals surface area contributed by atoms with Gasteiger partial charge in [0.2, 0.25) is 0 Å². The molecule has 1 saturated carbocycles. The van der Waals surface area contributed by atoms with Gasteiger partial charge in [-0.2, -0.15) is 4.98 Å². The maximum Gasteiger partial charge on any atom is 0.274 e. The summed E-state index contributed by atoms with van der Waals surface area (Å²) in [5.74, 6) is 1.16. The number of hydrogen-bond donors (Lipinski definition) is 1. The maximum absolute atomic E-state index is 6.19. The van der Waals surface area contributed by atoms with Gasteiger partial charge in [0.05, 0.1) is 5.54 Å². The molecule has 2 N–H and O–H groups in total. The minimum Gasteiger partial charge on any atom is -0.343 e. The molecule has 5 nitrogen and oxygen atoms in total. The quantitative estimate of drug-likeness (QED) is 0.946. The monoisotopic (exact) mass is 310 g/mol. The average molecular weight is 311 g/mol. The van der Waals surface area contributed by atoms with Crippen LogP contribution in [0.15, 0.2) is 21.3 Å². The van der Waals surface area contributed by atoms with Crippen molar-refractivity contribution in [2.45, 2.75) is 38.3 Å². The van der Waals surface area contributed by atoms with Crippen LogP contribution in [-0.2, 0) is 12.1 Å². The molecule has 1 aliphatic rings. The molecule has 1 fully saturated rings. The van der Waals surface area contributed by atoms with Crippen molar-refractivity contribution >= 4 is 15.9 Å². The zero-order valence-corrected chi connectivity index (χ0v) is 11.8. The van der Waals surface area contributed by atoms with Crippen LogP contribution in [0.5, 0.6) is 0 Å². The van der Waals surface area contributed by atoms with Gasteiger partial charge in [0.1, 0.15) is 5.69 Å². The first kappa shape index (κ1) is 11.9. The zero-order valence-electron chi connectivity index (χ0n) is 10.2. The van der Waals surface area contributed by atoms with E-state index in [0.29, 0.717) is 11.7 Å². The van der Waals surface area contributed by atoms with E-state index in [1.165, 1.54) is 0 Å². The highest BCUT2D eigenvalue weighted by molar-refractivity contribution is 9.10. The van der Waals surface area contributed by atoms with Crippen LogP contribution in [-0.4, -0.2) is 14.7 Å². The van der Waals surface area contributed by atoms with Crippen molar-refractivity contribution < 1.29 is 4.52 Å². The van der Waals surface area contributed by atoms with E-state index in [9.17, 15) is 0 Å². The van der Waals surface area contributed by atoms with Gasteiger partial charge in [-0.15, -0.1) is 0 Å². The van der Waals surface area contributed by atoms with E-state index in [-0.39, 0.29) is 5.54 Å². The lowest BCUT2D eigenvalue weighted by atomic mass is 9.77. The molecule has 1 aliphatic carbocycles. The van der Waals surface area contributed by atoms with Crippen molar-refractivity contribution in [1.82, 2.24) is 14.7 Å². The summed E-state index contributed by atoms with van der Waals surface area (Å²) in [4.78, 5) is 4.45. The Kier molecular flexibility index (Phi) is 2.79. The molecular formula is C12H15BrN4O. The molecule has 0 saturated heterocycles. The number of aromatic nitrogens is 3. The Morgan fingerprint density at radius 3 is 2.94 bits per heavy atom. The van der Waals surface area contributed by atoms with Gasteiger partial charge < -0.3 is 14.8 Å². The molecule has 18 heavy (non-hydrogen) atoms. The Bertz CT molecular complexity index is 570. The third-order valence-corrected chi connectivity index (χ3v) is 3.97. The number of nitrogens with zero attached hydrogens (tertiary/aromatic N) is 3. The van der Waals surface area contributed by atoms with E-state index >= 15 is 0 Å². The Hall–Kier alpha value is -1.14. The molecule has 2 aromatic heterocycles. The SMILES string of the molecule is CCn1cc(Br)cc1-c1nc(C2(N)CCC2)no1. The number of rotatable bonds is 3. The third kappa shape index (κ3) is 1.80. The summed E-state index contributed by atoms with van der Waals surface area (Å²) in [6.45, 7) is 2.93. The third-order valence-electron chi connectivity index (χ3n) is 3.54. The standard InChI is InChI=1S/C12H15BrN4O/c1-2-17-7-8(13)6-9(17)10-15-11(16-18-10)12(14)4-3-5-12/h6-7H,2-5,14H2,1H3. The highest BCUT2D eigenvalue weighted by atomic mass is 79.9. The number of nitrogens with two attached hydrogens (primary N) is 1. The Morgan fingerprint density at radius 2 is 2.33 bits per heavy atom. The molecule has 0 aliphatic heterocycles. The van der Waals surface area contributed by atoms with Crippen molar-refractivity contribution in [3.63, 3.8) is 0 Å². The Labute approximate surface area is 113 Å². The fraction of sp³-hybridized carbons (Fsp3) is 0.500. The molecule has 0 radical (unpaired) electrons. The maximum atomic E-state index is 6.19. The summed E-state index contributed by atoms with van der Waals surface area (Å²) >= 11 is 3.46. The van der Waals surface area contributed by atoms with Gasteiger partial charge in [-0.05, 0) is 48.2 Å². The second-order valence-corrected chi connectivity index (χ2v) is 5.68. The summed E-state index contributed by atoms with van der Waals surface area (Å²) in [6, 6.07) is 1.98. The van der Waals surface area contributed by atoms with Crippen LogP contribution in [0, 0.1) is 0 Å². The topological polar surface area (TPSA) is 69.9 Å². The van der Waals surface area contributed by atoms with Crippen LogP contribution in [0.3, 0.4) is 0 Å². The first-order chi connectivity index (χ1) is 8.62. The lowest BCUT2D eigenvalue weighted by Gasteiger charge is -2.34. The van der Waals surface area contributed by atoms with Gasteiger partial charge in [0.15, 0.2) is 5.82 Å². The first-order valence-electron chi connectivity index (χ1n) is 6.11. The first-order valence-corrected chi connectivity index (χ1v) is 6.91. The zero-order chi connectivity index (χ0) is 12.8. The molecule has 0 aromatic carbocycles. The summed E-state index contributed by atoms with van der Waals surface area (Å²) in [6.07, 6.45) is 5.01. The predicted molar refractivity (Wildman–Crippen MR) is 70.8 cm³/mol. The summed E-state index contributed by atoms with van der Waals surface area (Å²) in [5.41, 5.74) is 6.74. The second-order valence-electron chi connectivity index (χ2n) is 4.76. The lowest BCUT2D eigenvalue weighted by molar-refractivity contribution is 0.229. The van der Waals surface area contributed by atoms with Crippen molar-refractivity contribution in [1.29, 1.82) is 0 Å². The van der Waals surface area contributed by atoms with Crippen molar-refractivity contribution in [3.8, 4) is 11.6 Å². The smallest absolute Gasteiger partial charge is 0.274 e. The second kappa shape index (κ2) is 4.20. The predicted octanol–water partition coefficient (Wildman–Crippen LogP) is 2.66.